The average Bonchev–Trinajstić information content (AvgIpc) is 2.48. The van der Waals surface area contributed by atoms with Crippen LogP contribution in [0.2, 0.25) is 0 Å². The quantitative estimate of drug-likeness (QED) is 0.861. The Balaban J connectivity index is 1.96. The van der Waals surface area contributed by atoms with Crippen LogP contribution in [0.3, 0.4) is 0 Å². The van der Waals surface area contributed by atoms with E-state index in [0.717, 1.165) is 18.7 Å². The first-order valence-corrected chi connectivity index (χ1v) is 6.66. The second kappa shape index (κ2) is 7.02. The minimum absolute atomic E-state index is 0.268. The lowest BCUT2D eigenvalue weighted by atomic mass is 10.1. The molecule has 0 spiro atoms. The van der Waals surface area contributed by atoms with Gasteiger partial charge in [-0.05, 0) is 24.7 Å². The second-order valence-electron chi connectivity index (χ2n) is 4.71. The maximum absolute atomic E-state index is 5.92. The minimum Gasteiger partial charge on any atom is -0.329 e. The summed E-state index contributed by atoms with van der Waals surface area (Å²) in [6.07, 6.45) is 2.79. The minimum atomic E-state index is 0.268. The van der Waals surface area contributed by atoms with Gasteiger partial charge in [-0.3, -0.25) is 9.88 Å². The molecule has 1 aromatic carbocycles. The van der Waals surface area contributed by atoms with Crippen LogP contribution >= 0.6 is 0 Å². The van der Waals surface area contributed by atoms with Crippen molar-refractivity contribution in [3.8, 4) is 0 Å². The van der Waals surface area contributed by atoms with E-state index in [2.05, 4.69) is 47.3 Å². The topological polar surface area (TPSA) is 42.2 Å². The Morgan fingerprint density at radius 1 is 1.11 bits per heavy atom. The fraction of sp³-hybridized carbons (Fsp3) is 0.312. The van der Waals surface area contributed by atoms with Gasteiger partial charge in [-0.15, -0.1) is 0 Å². The molecule has 0 bridgehead atoms. The summed E-state index contributed by atoms with van der Waals surface area (Å²) in [5.41, 5.74) is 8.31. The van der Waals surface area contributed by atoms with Crippen LogP contribution < -0.4 is 5.73 Å². The second-order valence-corrected chi connectivity index (χ2v) is 4.71. The Morgan fingerprint density at radius 2 is 1.84 bits per heavy atom. The highest BCUT2D eigenvalue weighted by Crippen LogP contribution is 2.17. The van der Waals surface area contributed by atoms with Crippen molar-refractivity contribution in [3.63, 3.8) is 0 Å². The molecule has 3 nitrogen and oxygen atoms in total. The third-order valence-electron chi connectivity index (χ3n) is 3.39. The molecule has 0 saturated heterocycles. The largest absolute Gasteiger partial charge is 0.329 e. The fourth-order valence-corrected chi connectivity index (χ4v) is 2.24. The number of pyridine rings is 1. The normalized spacial score (nSPS) is 12.6. The van der Waals surface area contributed by atoms with Gasteiger partial charge in [-0.25, -0.2) is 0 Å². The van der Waals surface area contributed by atoms with E-state index < -0.39 is 0 Å². The van der Waals surface area contributed by atoms with E-state index >= 15 is 0 Å². The number of likely N-dealkylation sites (N-methyl/N-ethyl adjacent to an activating group) is 1. The Morgan fingerprint density at radius 3 is 2.47 bits per heavy atom. The van der Waals surface area contributed by atoms with Crippen LogP contribution in [0, 0.1) is 0 Å². The number of aromatic nitrogens is 1. The van der Waals surface area contributed by atoms with Gasteiger partial charge in [-0.2, -0.15) is 0 Å². The van der Waals surface area contributed by atoms with Gasteiger partial charge in [0.25, 0.3) is 0 Å². The number of hydrogen-bond donors (Lipinski definition) is 1. The van der Waals surface area contributed by atoms with Crippen LogP contribution in [0.5, 0.6) is 0 Å². The van der Waals surface area contributed by atoms with E-state index in [4.69, 9.17) is 5.73 Å². The lowest BCUT2D eigenvalue weighted by molar-refractivity contribution is 0.252. The first-order valence-electron chi connectivity index (χ1n) is 6.66. The summed E-state index contributed by atoms with van der Waals surface area (Å²) in [4.78, 5) is 6.65. The molecule has 0 radical (unpaired) electrons. The molecule has 0 aliphatic heterocycles. The number of benzene rings is 1. The molecule has 19 heavy (non-hydrogen) atoms. The van der Waals surface area contributed by atoms with Gasteiger partial charge in [0.05, 0.1) is 0 Å². The van der Waals surface area contributed by atoms with E-state index in [-0.39, 0.29) is 6.04 Å². The van der Waals surface area contributed by atoms with Gasteiger partial charge in [0.15, 0.2) is 0 Å². The Kier molecular flexibility index (Phi) is 5.07. The van der Waals surface area contributed by atoms with Crippen molar-refractivity contribution in [1.82, 2.24) is 9.88 Å². The molecule has 3 heteroatoms. The Bertz CT molecular complexity index is 470. The van der Waals surface area contributed by atoms with Crippen molar-refractivity contribution in [2.45, 2.75) is 12.5 Å². The Labute approximate surface area is 115 Å². The number of rotatable bonds is 6. The summed E-state index contributed by atoms with van der Waals surface area (Å²) in [7, 11) is 2.12. The SMILES string of the molecule is CN(CCc1ccccn1)C(CN)c1ccccc1. The average molecular weight is 255 g/mol. The summed E-state index contributed by atoms with van der Waals surface area (Å²) in [5.74, 6) is 0. The van der Waals surface area contributed by atoms with Crippen molar-refractivity contribution < 1.29 is 0 Å². The van der Waals surface area contributed by atoms with E-state index in [1.54, 1.807) is 0 Å². The molecule has 0 amide bonds. The molecule has 0 aliphatic carbocycles. The van der Waals surface area contributed by atoms with E-state index in [9.17, 15) is 0 Å². The van der Waals surface area contributed by atoms with E-state index in [1.807, 2.05) is 24.4 Å². The van der Waals surface area contributed by atoms with Crippen LogP contribution in [0.15, 0.2) is 54.7 Å². The Hall–Kier alpha value is -1.71. The molecule has 1 heterocycles. The highest BCUT2D eigenvalue weighted by molar-refractivity contribution is 5.19. The van der Waals surface area contributed by atoms with Crippen molar-refractivity contribution in [2.24, 2.45) is 5.73 Å². The third-order valence-corrected chi connectivity index (χ3v) is 3.39. The highest BCUT2D eigenvalue weighted by atomic mass is 15.1. The molecule has 2 aromatic rings. The van der Waals surface area contributed by atoms with E-state index in [0.29, 0.717) is 6.54 Å². The zero-order chi connectivity index (χ0) is 13.5. The van der Waals surface area contributed by atoms with Crippen LogP contribution in [-0.4, -0.2) is 30.0 Å². The van der Waals surface area contributed by atoms with Gasteiger partial charge in [0, 0.05) is 37.4 Å². The molecule has 1 atom stereocenters. The van der Waals surface area contributed by atoms with Gasteiger partial charge in [-0.1, -0.05) is 36.4 Å². The van der Waals surface area contributed by atoms with Crippen molar-refractivity contribution in [2.75, 3.05) is 20.1 Å². The van der Waals surface area contributed by atoms with Crippen LogP contribution in [0.4, 0.5) is 0 Å². The zero-order valence-electron chi connectivity index (χ0n) is 11.4. The summed E-state index contributed by atoms with van der Waals surface area (Å²) in [6.45, 7) is 1.58. The van der Waals surface area contributed by atoms with Crippen molar-refractivity contribution >= 4 is 0 Å². The lowest BCUT2D eigenvalue weighted by Crippen LogP contribution is -2.32. The molecule has 1 aromatic heterocycles. The molecule has 100 valence electrons. The number of nitrogens with two attached hydrogens (primary N) is 1. The maximum Gasteiger partial charge on any atom is 0.0467 e. The van der Waals surface area contributed by atoms with E-state index in [1.165, 1.54) is 5.56 Å². The highest BCUT2D eigenvalue weighted by Gasteiger charge is 2.14. The monoisotopic (exact) mass is 255 g/mol. The molecule has 0 saturated carbocycles. The van der Waals surface area contributed by atoms with Crippen molar-refractivity contribution in [3.05, 3.63) is 66.0 Å². The third kappa shape index (κ3) is 3.88. The first kappa shape index (κ1) is 13.7. The smallest absolute Gasteiger partial charge is 0.0467 e. The summed E-state index contributed by atoms with van der Waals surface area (Å²) < 4.78 is 0. The fourth-order valence-electron chi connectivity index (χ4n) is 2.24. The van der Waals surface area contributed by atoms with Crippen molar-refractivity contribution in [1.29, 1.82) is 0 Å². The maximum atomic E-state index is 5.92. The predicted molar refractivity (Wildman–Crippen MR) is 78.8 cm³/mol. The van der Waals surface area contributed by atoms with Gasteiger partial charge in [0.1, 0.15) is 0 Å². The molecular weight excluding hydrogens is 234 g/mol. The molecule has 0 fully saturated rings. The standard InChI is InChI=1S/C16H21N3/c1-19(12-10-15-9-5-6-11-18-15)16(13-17)14-7-3-2-4-8-14/h2-9,11,16H,10,12-13,17H2,1H3. The van der Waals surface area contributed by atoms with Gasteiger partial charge < -0.3 is 5.73 Å². The van der Waals surface area contributed by atoms with Crippen LogP contribution in [-0.2, 0) is 6.42 Å². The predicted octanol–water partition coefficient (Wildman–Crippen LogP) is 2.26. The molecule has 2 N–H and O–H groups in total. The van der Waals surface area contributed by atoms with Crippen LogP contribution in [0.25, 0.3) is 0 Å². The van der Waals surface area contributed by atoms with Crippen LogP contribution in [0.1, 0.15) is 17.3 Å². The zero-order valence-corrected chi connectivity index (χ0v) is 11.4. The summed E-state index contributed by atoms with van der Waals surface area (Å²) >= 11 is 0. The lowest BCUT2D eigenvalue weighted by Gasteiger charge is -2.27. The number of nitrogens with zero attached hydrogens (tertiary/aromatic N) is 2. The number of hydrogen-bond acceptors (Lipinski definition) is 3. The molecule has 2 rings (SSSR count). The molecule has 1 unspecified atom stereocenters. The summed E-state index contributed by atoms with van der Waals surface area (Å²) in [5, 5.41) is 0. The molecule has 0 aliphatic rings. The van der Waals surface area contributed by atoms with Gasteiger partial charge in [0.2, 0.25) is 0 Å². The van der Waals surface area contributed by atoms with Gasteiger partial charge >= 0.3 is 0 Å². The summed E-state index contributed by atoms with van der Waals surface area (Å²) in [6, 6.07) is 16.7. The molecular formula is C16H21N3. The first-order chi connectivity index (χ1) is 9.31.